The third-order valence-corrected chi connectivity index (χ3v) is 5.81. The Balaban J connectivity index is 1.41. The van der Waals surface area contributed by atoms with Crippen molar-refractivity contribution in [2.45, 2.75) is 25.0 Å². The van der Waals surface area contributed by atoms with Crippen LogP contribution < -0.4 is 10.5 Å². The van der Waals surface area contributed by atoms with Gasteiger partial charge >= 0.3 is 10.3 Å². The van der Waals surface area contributed by atoms with Crippen molar-refractivity contribution in [3.8, 4) is 0 Å². The number of aliphatic hydroxyl groups is 1. The van der Waals surface area contributed by atoms with E-state index in [1.807, 2.05) is 28.8 Å². The van der Waals surface area contributed by atoms with E-state index in [2.05, 4.69) is 34.8 Å². The predicted octanol–water partition coefficient (Wildman–Crippen LogP) is 0.145. The first-order valence-corrected chi connectivity index (χ1v) is 11.0. The molecule has 1 saturated carbocycles. The summed E-state index contributed by atoms with van der Waals surface area (Å²) in [4.78, 5) is 12.9. The number of hydrogen-bond acceptors (Lipinski definition) is 10. The van der Waals surface area contributed by atoms with Gasteiger partial charge in [-0.3, -0.25) is 8.58 Å². The van der Waals surface area contributed by atoms with Crippen molar-refractivity contribution in [3.05, 3.63) is 36.9 Å². The molecule has 13 nitrogen and oxygen atoms in total. The standard InChI is InChI=1S/C17H19N9O4S/c18-31(28,29)30-8-10-5-11(6-12(10)27)26-17-15(23-24-26)16(20-9-21-17)22-14-7-19-13-3-1-2-4-25(13)14/h1-4,7,9-12,27H,5-6,8H2,(H2,18,28,29)(H,20,21,22)/t10-,11+,12-/m0/s1. The molecule has 0 spiro atoms. The summed E-state index contributed by atoms with van der Waals surface area (Å²) >= 11 is 0. The molecular formula is C17H19N9O4S. The monoisotopic (exact) mass is 445 g/mol. The zero-order chi connectivity index (χ0) is 21.6. The topological polar surface area (TPSA) is 175 Å². The van der Waals surface area contributed by atoms with Crippen molar-refractivity contribution in [1.82, 2.24) is 34.3 Å². The number of fused-ring (bicyclic) bond motifs is 2. The summed E-state index contributed by atoms with van der Waals surface area (Å²) in [6.45, 7) is -0.195. The average molecular weight is 445 g/mol. The molecule has 162 valence electrons. The van der Waals surface area contributed by atoms with Gasteiger partial charge in [-0.2, -0.15) is 8.42 Å². The van der Waals surface area contributed by atoms with Gasteiger partial charge in [0.2, 0.25) is 0 Å². The van der Waals surface area contributed by atoms with Gasteiger partial charge in [0.1, 0.15) is 17.8 Å². The largest absolute Gasteiger partial charge is 0.393 e. The number of nitrogens with zero attached hydrogens (tertiary/aromatic N) is 7. The second-order valence-electron chi connectivity index (χ2n) is 7.36. The summed E-state index contributed by atoms with van der Waals surface area (Å²) in [7, 11) is -4.07. The van der Waals surface area contributed by atoms with E-state index in [1.165, 1.54) is 6.33 Å². The molecule has 5 rings (SSSR count). The SMILES string of the molecule is NS(=O)(=O)OC[C@@H]1C[C@@H](n2nnc3c(Nc4cnc5ccccn45)ncnc32)C[C@@H]1O. The van der Waals surface area contributed by atoms with Crippen LogP contribution in [0.3, 0.4) is 0 Å². The van der Waals surface area contributed by atoms with Gasteiger partial charge in [-0.25, -0.2) is 24.8 Å². The number of aliphatic hydroxyl groups excluding tert-OH is 1. The maximum absolute atomic E-state index is 11.0. The van der Waals surface area contributed by atoms with Crippen LogP contribution in [0, 0.1) is 5.92 Å². The van der Waals surface area contributed by atoms with Crippen LogP contribution in [0.2, 0.25) is 0 Å². The molecule has 31 heavy (non-hydrogen) atoms. The molecule has 0 radical (unpaired) electrons. The molecule has 0 amide bonds. The number of anilines is 2. The normalized spacial score (nSPS) is 21.8. The Bertz CT molecular complexity index is 1350. The van der Waals surface area contributed by atoms with Gasteiger partial charge in [0.15, 0.2) is 17.0 Å². The van der Waals surface area contributed by atoms with Crippen LogP contribution in [0.15, 0.2) is 36.9 Å². The molecular weight excluding hydrogens is 426 g/mol. The van der Waals surface area contributed by atoms with E-state index in [0.29, 0.717) is 35.6 Å². The first-order chi connectivity index (χ1) is 14.9. The Morgan fingerprint density at radius 2 is 2.13 bits per heavy atom. The highest BCUT2D eigenvalue weighted by Gasteiger charge is 2.36. The molecule has 1 aliphatic carbocycles. The first-order valence-electron chi connectivity index (χ1n) is 9.49. The third kappa shape index (κ3) is 3.81. The van der Waals surface area contributed by atoms with Crippen molar-refractivity contribution < 1.29 is 17.7 Å². The van der Waals surface area contributed by atoms with E-state index in [4.69, 9.17) is 5.14 Å². The van der Waals surface area contributed by atoms with Crippen LogP contribution >= 0.6 is 0 Å². The molecule has 4 heterocycles. The summed E-state index contributed by atoms with van der Waals surface area (Å²) in [5.74, 6) is 0.774. The maximum Gasteiger partial charge on any atom is 0.333 e. The average Bonchev–Trinajstić information content (AvgIpc) is 3.43. The van der Waals surface area contributed by atoms with E-state index in [1.54, 1.807) is 10.9 Å². The van der Waals surface area contributed by atoms with Gasteiger partial charge in [-0.05, 0) is 25.0 Å². The van der Waals surface area contributed by atoms with Crippen LogP contribution in [-0.2, 0) is 14.5 Å². The summed E-state index contributed by atoms with van der Waals surface area (Å²) < 4.78 is 30.2. The number of rotatable bonds is 6. The predicted molar refractivity (Wildman–Crippen MR) is 108 cm³/mol. The van der Waals surface area contributed by atoms with Crippen molar-refractivity contribution in [3.63, 3.8) is 0 Å². The molecule has 4 aromatic heterocycles. The lowest BCUT2D eigenvalue weighted by molar-refractivity contribution is 0.100. The van der Waals surface area contributed by atoms with E-state index < -0.39 is 22.3 Å². The van der Waals surface area contributed by atoms with E-state index in [0.717, 1.165) is 5.65 Å². The smallest absolute Gasteiger partial charge is 0.333 e. The summed E-state index contributed by atoms with van der Waals surface area (Å²) in [6.07, 6.45) is 5.01. The zero-order valence-electron chi connectivity index (χ0n) is 16.1. The second-order valence-corrected chi connectivity index (χ2v) is 8.58. The van der Waals surface area contributed by atoms with Gasteiger partial charge in [0, 0.05) is 12.1 Å². The van der Waals surface area contributed by atoms with Gasteiger partial charge in [0.05, 0.1) is 24.9 Å². The lowest BCUT2D eigenvalue weighted by Crippen LogP contribution is -2.24. The Morgan fingerprint density at radius 3 is 2.97 bits per heavy atom. The van der Waals surface area contributed by atoms with Crippen LogP contribution in [-0.4, -0.2) is 60.6 Å². The number of pyridine rings is 1. The fourth-order valence-electron chi connectivity index (χ4n) is 3.88. The number of aromatic nitrogens is 7. The highest BCUT2D eigenvalue weighted by atomic mass is 32.2. The lowest BCUT2D eigenvalue weighted by atomic mass is 10.1. The van der Waals surface area contributed by atoms with Gasteiger partial charge in [0.25, 0.3) is 0 Å². The molecule has 14 heteroatoms. The quantitative estimate of drug-likeness (QED) is 0.370. The zero-order valence-corrected chi connectivity index (χ0v) is 16.9. The lowest BCUT2D eigenvalue weighted by Gasteiger charge is -2.12. The molecule has 0 unspecified atom stereocenters. The summed E-state index contributed by atoms with van der Waals surface area (Å²) in [5, 5.41) is 26.9. The Kier molecular flexibility index (Phi) is 4.77. The Morgan fingerprint density at radius 1 is 1.26 bits per heavy atom. The van der Waals surface area contributed by atoms with Gasteiger partial charge in [-0.1, -0.05) is 11.3 Å². The molecule has 0 aliphatic heterocycles. The summed E-state index contributed by atoms with van der Waals surface area (Å²) in [5.41, 5.74) is 1.75. The number of hydrogen-bond donors (Lipinski definition) is 3. The number of imidazole rings is 1. The highest BCUT2D eigenvalue weighted by molar-refractivity contribution is 7.84. The minimum Gasteiger partial charge on any atom is -0.393 e. The second kappa shape index (κ2) is 7.49. The Hall–Kier alpha value is -3.20. The molecule has 4 aromatic rings. The molecule has 0 saturated heterocycles. The van der Waals surface area contributed by atoms with Crippen LogP contribution in [0.25, 0.3) is 16.8 Å². The van der Waals surface area contributed by atoms with Gasteiger partial charge in [-0.15, -0.1) is 5.10 Å². The molecule has 4 N–H and O–H groups in total. The third-order valence-electron chi connectivity index (χ3n) is 5.35. The van der Waals surface area contributed by atoms with E-state index >= 15 is 0 Å². The fourth-order valence-corrected chi connectivity index (χ4v) is 4.25. The van der Waals surface area contributed by atoms with Gasteiger partial charge < -0.3 is 10.4 Å². The van der Waals surface area contributed by atoms with Crippen LogP contribution in [0.1, 0.15) is 18.9 Å². The van der Waals surface area contributed by atoms with Crippen molar-refractivity contribution >= 4 is 38.8 Å². The molecule has 1 fully saturated rings. The molecule has 1 aliphatic rings. The first kappa shape index (κ1) is 19.7. The van der Waals surface area contributed by atoms with Crippen LogP contribution in [0.4, 0.5) is 11.6 Å². The van der Waals surface area contributed by atoms with E-state index in [-0.39, 0.29) is 12.6 Å². The van der Waals surface area contributed by atoms with E-state index in [9.17, 15) is 13.5 Å². The summed E-state index contributed by atoms with van der Waals surface area (Å²) in [6, 6.07) is 5.45. The fraction of sp³-hybridized carbons (Fsp3) is 0.353. The minimum absolute atomic E-state index is 0.195. The van der Waals surface area contributed by atoms with Crippen molar-refractivity contribution in [2.24, 2.45) is 11.1 Å². The van der Waals surface area contributed by atoms with Crippen molar-refractivity contribution in [2.75, 3.05) is 11.9 Å². The molecule has 0 aromatic carbocycles. The Labute approximate surface area is 176 Å². The number of nitrogens with one attached hydrogen (secondary N) is 1. The molecule has 3 atom stereocenters. The highest BCUT2D eigenvalue weighted by Crippen LogP contribution is 2.36. The van der Waals surface area contributed by atoms with Crippen molar-refractivity contribution in [1.29, 1.82) is 0 Å². The maximum atomic E-state index is 11.0. The minimum atomic E-state index is -4.07. The number of nitrogens with two attached hydrogens (primary N) is 1. The van der Waals surface area contributed by atoms with Crippen LogP contribution in [0.5, 0.6) is 0 Å². The molecule has 0 bridgehead atoms.